The van der Waals surface area contributed by atoms with Crippen molar-refractivity contribution >= 4 is 31.6 Å². The molecule has 6 rings (SSSR count). The lowest BCUT2D eigenvalue weighted by molar-refractivity contribution is -0.384. The molecular weight excluding hydrogens is 640 g/mol. The number of nitrogens with zero attached hydrogens (tertiary/aromatic N) is 3. The number of nitro groups is 1. The molecule has 0 atom stereocenters. The van der Waals surface area contributed by atoms with E-state index in [0.717, 1.165) is 13.0 Å². The van der Waals surface area contributed by atoms with Crippen LogP contribution in [0.5, 0.6) is 5.75 Å². The van der Waals surface area contributed by atoms with E-state index in [1.165, 1.54) is 32.9 Å². The second-order valence-electron chi connectivity index (χ2n) is 11.7. The van der Waals surface area contributed by atoms with E-state index in [1.807, 2.05) is 0 Å². The Morgan fingerprint density at radius 1 is 0.826 bits per heavy atom. The number of hydrogen-bond acceptors (Lipinski definition) is 11. The summed E-state index contributed by atoms with van der Waals surface area (Å²) in [5.41, 5.74) is -0.984. The molecule has 2 aromatic carbocycles. The van der Waals surface area contributed by atoms with Crippen molar-refractivity contribution in [1.82, 2.24) is 24.6 Å². The molecule has 4 fully saturated rings. The van der Waals surface area contributed by atoms with Crippen LogP contribution in [0.4, 0.5) is 5.69 Å². The molecule has 0 saturated carbocycles. The van der Waals surface area contributed by atoms with Crippen LogP contribution >= 0.6 is 0 Å². The van der Waals surface area contributed by atoms with Crippen LogP contribution in [0.3, 0.4) is 0 Å². The van der Waals surface area contributed by atoms with Gasteiger partial charge >= 0.3 is 0 Å². The molecule has 3 N–H and O–H groups in total. The van der Waals surface area contributed by atoms with Gasteiger partial charge in [0.05, 0.1) is 34.1 Å². The van der Waals surface area contributed by atoms with Crippen molar-refractivity contribution in [3.8, 4) is 5.75 Å². The molecule has 0 radical (unpaired) electrons. The fraction of sp³-hybridized carbons (Fsp3) is 0.552. The topological polar surface area (TPSA) is 190 Å². The number of carbonyl (C=O) groups is 1. The number of sulfonamides is 2. The molecule has 4 saturated heterocycles. The maximum atomic E-state index is 12.7. The summed E-state index contributed by atoms with van der Waals surface area (Å²) in [4.78, 5) is 22.1. The van der Waals surface area contributed by atoms with Crippen molar-refractivity contribution in [2.45, 2.75) is 59.7 Å². The Bertz CT molecular complexity index is 1600. The lowest BCUT2D eigenvalue weighted by atomic mass is 9.95. The Morgan fingerprint density at radius 3 is 1.85 bits per heavy atom. The SMILES string of the molecule is COc1ccc(S(=O)(=O)N2CCC3(CC2)NCCC(=O)N3)cc1.O=[N+]([O-])c1ccc(S(=O)(=O)N2CCC3(CC2)NCCCO3)cc1. The van der Waals surface area contributed by atoms with E-state index in [1.54, 1.807) is 31.4 Å². The van der Waals surface area contributed by atoms with E-state index in [9.17, 15) is 31.7 Å². The fourth-order valence-electron chi connectivity index (χ4n) is 6.10. The molecule has 1 amide bonds. The lowest BCUT2D eigenvalue weighted by Crippen LogP contribution is -2.67. The number of methoxy groups -OCH3 is 1. The number of hydrogen-bond donors (Lipinski definition) is 3. The molecule has 4 heterocycles. The third-order valence-corrected chi connectivity index (χ3v) is 12.7. The third-order valence-electron chi connectivity index (χ3n) is 8.83. The molecule has 0 aliphatic carbocycles. The summed E-state index contributed by atoms with van der Waals surface area (Å²) in [6, 6.07) is 11.4. The van der Waals surface area contributed by atoms with Crippen LogP contribution in [0.25, 0.3) is 0 Å². The average Bonchev–Trinajstić information content (AvgIpc) is 3.06. The number of amides is 1. The average molecular weight is 681 g/mol. The molecule has 0 aromatic heterocycles. The molecule has 4 aliphatic heterocycles. The highest BCUT2D eigenvalue weighted by Gasteiger charge is 2.42. The highest BCUT2D eigenvalue weighted by atomic mass is 32.2. The van der Waals surface area contributed by atoms with Crippen molar-refractivity contribution in [3.63, 3.8) is 0 Å². The molecule has 0 unspecified atom stereocenters. The van der Waals surface area contributed by atoms with Gasteiger partial charge in [0, 0.05) is 64.1 Å². The zero-order valence-corrected chi connectivity index (χ0v) is 27.3. The minimum absolute atomic E-state index is 0.0233. The van der Waals surface area contributed by atoms with Gasteiger partial charge in [0.1, 0.15) is 11.5 Å². The van der Waals surface area contributed by atoms with Crippen LogP contribution in [0.15, 0.2) is 58.3 Å². The quantitative estimate of drug-likeness (QED) is 0.295. The van der Waals surface area contributed by atoms with E-state index in [0.29, 0.717) is 77.2 Å². The summed E-state index contributed by atoms with van der Waals surface area (Å²) in [7, 11) is -5.61. The van der Waals surface area contributed by atoms with Gasteiger partial charge < -0.3 is 14.8 Å². The van der Waals surface area contributed by atoms with Crippen LogP contribution in [-0.2, 0) is 29.6 Å². The molecule has 0 bridgehead atoms. The third kappa shape index (κ3) is 7.51. The summed E-state index contributed by atoms with van der Waals surface area (Å²) in [6.07, 6.45) is 3.75. The highest BCUT2D eigenvalue weighted by molar-refractivity contribution is 7.89. The predicted octanol–water partition coefficient (Wildman–Crippen LogP) is 1.37. The van der Waals surface area contributed by atoms with E-state index < -0.39 is 36.4 Å². The first-order chi connectivity index (χ1) is 21.9. The summed E-state index contributed by atoms with van der Waals surface area (Å²) >= 11 is 0. The Hall–Kier alpha value is -3.19. The number of ether oxygens (including phenoxy) is 2. The van der Waals surface area contributed by atoms with Crippen LogP contribution < -0.4 is 20.7 Å². The molecule has 17 heteroatoms. The van der Waals surface area contributed by atoms with Gasteiger partial charge in [-0.25, -0.2) is 16.8 Å². The molecule has 46 heavy (non-hydrogen) atoms. The first-order valence-corrected chi connectivity index (χ1v) is 18.1. The smallest absolute Gasteiger partial charge is 0.269 e. The minimum atomic E-state index is -3.63. The van der Waals surface area contributed by atoms with Crippen molar-refractivity contribution in [1.29, 1.82) is 0 Å². The maximum Gasteiger partial charge on any atom is 0.269 e. The molecule has 252 valence electrons. The first-order valence-electron chi connectivity index (χ1n) is 15.2. The van der Waals surface area contributed by atoms with Crippen molar-refractivity contribution in [2.75, 3.05) is 53.0 Å². The highest BCUT2D eigenvalue weighted by Crippen LogP contribution is 2.30. The maximum absolute atomic E-state index is 12.7. The molecule has 15 nitrogen and oxygen atoms in total. The van der Waals surface area contributed by atoms with Gasteiger partial charge in [-0.2, -0.15) is 8.61 Å². The van der Waals surface area contributed by atoms with E-state index in [4.69, 9.17) is 9.47 Å². The summed E-state index contributed by atoms with van der Waals surface area (Å²) < 4.78 is 64.4. The number of nitrogens with one attached hydrogen (secondary N) is 3. The number of non-ortho nitro benzene ring substituents is 1. The van der Waals surface area contributed by atoms with Gasteiger partial charge in [0.25, 0.3) is 5.69 Å². The van der Waals surface area contributed by atoms with Gasteiger partial charge in [-0.15, -0.1) is 0 Å². The van der Waals surface area contributed by atoms with E-state index in [2.05, 4.69) is 16.0 Å². The van der Waals surface area contributed by atoms with Gasteiger partial charge in [0.15, 0.2) is 0 Å². The van der Waals surface area contributed by atoms with Crippen LogP contribution in [0.2, 0.25) is 0 Å². The fourth-order valence-corrected chi connectivity index (χ4v) is 8.98. The van der Waals surface area contributed by atoms with Gasteiger partial charge in [-0.3, -0.25) is 25.5 Å². The number of piperidine rings is 2. The monoisotopic (exact) mass is 680 g/mol. The summed E-state index contributed by atoms with van der Waals surface area (Å²) in [5.74, 6) is 0.644. The van der Waals surface area contributed by atoms with Crippen LogP contribution in [0.1, 0.15) is 38.5 Å². The minimum Gasteiger partial charge on any atom is -0.497 e. The largest absolute Gasteiger partial charge is 0.497 e. The Balaban J connectivity index is 0.000000181. The first kappa shape index (κ1) is 34.2. The molecule has 2 spiro atoms. The van der Waals surface area contributed by atoms with Crippen LogP contribution in [0, 0.1) is 10.1 Å². The van der Waals surface area contributed by atoms with Crippen molar-refractivity contribution in [3.05, 3.63) is 58.6 Å². The molecule has 2 aromatic rings. The summed E-state index contributed by atoms with van der Waals surface area (Å²) in [6.45, 7) is 3.70. The van der Waals surface area contributed by atoms with Crippen LogP contribution in [-0.4, -0.2) is 101 Å². The van der Waals surface area contributed by atoms with E-state index >= 15 is 0 Å². The van der Waals surface area contributed by atoms with Gasteiger partial charge in [0.2, 0.25) is 26.0 Å². The number of rotatable bonds is 6. The number of nitro benzene ring substituents is 1. The normalized spacial score (nSPS) is 22.0. The second kappa shape index (κ2) is 13.9. The van der Waals surface area contributed by atoms with Gasteiger partial charge in [-0.1, -0.05) is 0 Å². The predicted molar refractivity (Wildman–Crippen MR) is 167 cm³/mol. The standard InChI is InChI=1S/C15H21N3O4S.C14H19N3O5S/c1-22-12-2-4-13(5-3-12)23(20,21)18-10-7-15(8-11-18)16-9-6-14(19)17-15;18-17(19)12-2-4-13(5-3-12)23(20,21)16-9-6-14(7-10-16)15-8-1-11-22-14/h2-5,16H,6-11H2,1H3,(H,17,19);2-5,15H,1,6-11H2. The zero-order chi connectivity index (χ0) is 33.0. The zero-order valence-electron chi connectivity index (χ0n) is 25.6. The molecule has 4 aliphatic rings. The number of carbonyl (C=O) groups excluding carboxylic acids is 1. The number of benzene rings is 2. The van der Waals surface area contributed by atoms with Crippen molar-refractivity contribution in [2.24, 2.45) is 0 Å². The lowest BCUT2D eigenvalue weighted by Gasteiger charge is -2.44. The summed E-state index contributed by atoms with van der Waals surface area (Å²) in [5, 5.41) is 20.3. The van der Waals surface area contributed by atoms with Gasteiger partial charge in [-0.05, 0) is 62.2 Å². The Kier molecular flexibility index (Phi) is 10.3. The molecular formula is C29H40N6O9S2. The van der Waals surface area contributed by atoms with Crippen molar-refractivity contribution < 1.29 is 36.0 Å². The second-order valence-corrected chi connectivity index (χ2v) is 15.5. The van der Waals surface area contributed by atoms with E-state index in [-0.39, 0.29) is 21.4 Å². The Morgan fingerprint density at radius 2 is 1.37 bits per heavy atom. The Labute approximate surface area is 268 Å².